The molecule has 0 spiro atoms. The number of thioether (sulfide) groups is 1. The Hall–Kier alpha value is -0.750. The molecule has 1 amide bonds. The third-order valence-corrected chi connectivity index (χ3v) is 4.53. The van der Waals surface area contributed by atoms with E-state index in [1.807, 2.05) is 6.92 Å². The van der Waals surface area contributed by atoms with Crippen LogP contribution in [0.5, 0.6) is 0 Å². The summed E-state index contributed by atoms with van der Waals surface area (Å²) < 4.78 is 4.69. The minimum absolute atomic E-state index is 0.116. The molecule has 1 aliphatic carbocycles. The first kappa shape index (κ1) is 14.3. The monoisotopic (exact) mass is 260 g/mol. The van der Waals surface area contributed by atoms with E-state index in [1.54, 1.807) is 11.8 Å². The van der Waals surface area contributed by atoms with Crippen molar-refractivity contribution in [2.75, 3.05) is 12.9 Å². The van der Waals surface area contributed by atoms with Crippen LogP contribution in [0, 0.1) is 5.41 Å². The minimum Gasteiger partial charge on any atom is -0.469 e. The van der Waals surface area contributed by atoms with Gasteiger partial charge in [0.25, 0.3) is 0 Å². The Kier molecular flexibility index (Phi) is 5.27. The van der Waals surface area contributed by atoms with Crippen molar-refractivity contribution in [3.05, 3.63) is 0 Å². The van der Waals surface area contributed by atoms with Crippen molar-refractivity contribution in [2.24, 2.45) is 11.3 Å². The summed E-state index contributed by atoms with van der Waals surface area (Å²) in [4.78, 5) is 22.3. The van der Waals surface area contributed by atoms with Gasteiger partial charge in [0, 0.05) is 11.7 Å². The third-order valence-electron chi connectivity index (χ3n) is 3.01. The van der Waals surface area contributed by atoms with E-state index in [0.717, 1.165) is 18.6 Å². The zero-order chi connectivity index (χ0) is 12.9. The van der Waals surface area contributed by atoms with Gasteiger partial charge in [-0.05, 0) is 24.0 Å². The zero-order valence-corrected chi connectivity index (χ0v) is 11.1. The summed E-state index contributed by atoms with van der Waals surface area (Å²) in [5.41, 5.74) is 2.24. The molecule has 1 aliphatic rings. The van der Waals surface area contributed by atoms with Gasteiger partial charge in [-0.3, -0.25) is 15.0 Å². The minimum atomic E-state index is -0.150. The van der Waals surface area contributed by atoms with Gasteiger partial charge in [-0.2, -0.15) is 11.8 Å². The molecule has 0 bridgehead atoms. The number of rotatable bonds is 7. The van der Waals surface area contributed by atoms with Gasteiger partial charge in [-0.15, -0.1) is 0 Å². The second-order valence-electron chi connectivity index (χ2n) is 4.65. The van der Waals surface area contributed by atoms with Gasteiger partial charge in [0.2, 0.25) is 5.91 Å². The van der Waals surface area contributed by atoms with E-state index in [9.17, 15) is 9.59 Å². The molecule has 17 heavy (non-hydrogen) atoms. The molecule has 1 fully saturated rings. The third kappa shape index (κ3) is 4.95. The molecule has 0 aliphatic heterocycles. The second-order valence-corrected chi connectivity index (χ2v) is 6.07. The van der Waals surface area contributed by atoms with Crippen LogP contribution in [-0.4, -0.2) is 30.0 Å². The first-order valence-electron chi connectivity index (χ1n) is 5.69. The van der Waals surface area contributed by atoms with E-state index in [-0.39, 0.29) is 22.5 Å². The maximum atomic E-state index is 11.2. The number of ether oxygens (including phenoxy) is 1. The standard InChI is InChI=1S/C11H20N2O3S/c1-8(5-9(14)13-12)17-7-11(3-4-11)6-10(15)16-2/h8H,3-7,12H2,1-2H3,(H,13,14). The van der Waals surface area contributed by atoms with Crippen molar-refractivity contribution in [2.45, 2.75) is 37.9 Å². The van der Waals surface area contributed by atoms with Gasteiger partial charge in [-0.25, -0.2) is 5.84 Å². The van der Waals surface area contributed by atoms with Gasteiger partial charge >= 0.3 is 5.97 Å². The zero-order valence-electron chi connectivity index (χ0n) is 10.3. The van der Waals surface area contributed by atoms with Crippen LogP contribution in [-0.2, 0) is 14.3 Å². The lowest BCUT2D eigenvalue weighted by molar-refractivity contribution is -0.141. The fraction of sp³-hybridized carbons (Fsp3) is 0.818. The van der Waals surface area contributed by atoms with Crippen molar-refractivity contribution < 1.29 is 14.3 Å². The molecule has 0 aromatic heterocycles. The number of hydrogen-bond acceptors (Lipinski definition) is 5. The van der Waals surface area contributed by atoms with Crippen molar-refractivity contribution >= 4 is 23.6 Å². The number of nitrogens with two attached hydrogens (primary N) is 1. The number of methoxy groups -OCH3 is 1. The fourth-order valence-corrected chi connectivity index (χ4v) is 2.92. The van der Waals surface area contributed by atoms with E-state index >= 15 is 0 Å². The van der Waals surface area contributed by atoms with Crippen LogP contribution in [0.15, 0.2) is 0 Å². The van der Waals surface area contributed by atoms with Crippen LogP contribution in [0.25, 0.3) is 0 Å². The van der Waals surface area contributed by atoms with E-state index in [0.29, 0.717) is 12.8 Å². The van der Waals surface area contributed by atoms with Gasteiger partial charge < -0.3 is 4.74 Å². The smallest absolute Gasteiger partial charge is 0.306 e. The molecule has 1 atom stereocenters. The van der Waals surface area contributed by atoms with Gasteiger partial charge in [0.05, 0.1) is 13.5 Å². The molecule has 0 saturated heterocycles. The van der Waals surface area contributed by atoms with E-state index in [4.69, 9.17) is 5.84 Å². The molecule has 5 nitrogen and oxygen atoms in total. The highest BCUT2D eigenvalue weighted by molar-refractivity contribution is 7.99. The van der Waals surface area contributed by atoms with Crippen molar-refractivity contribution in [1.82, 2.24) is 5.43 Å². The lowest BCUT2D eigenvalue weighted by atomic mass is 10.1. The van der Waals surface area contributed by atoms with Crippen molar-refractivity contribution in [3.63, 3.8) is 0 Å². The largest absolute Gasteiger partial charge is 0.469 e. The Morgan fingerprint density at radius 1 is 1.53 bits per heavy atom. The predicted octanol–water partition coefficient (Wildman–Crippen LogP) is 0.831. The highest BCUT2D eigenvalue weighted by atomic mass is 32.2. The van der Waals surface area contributed by atoms with E-state index in [1.165, 1.54) is 7.11 Å². The van der Waals surface area contributed by atoms with Crippen LogP contribution in [0.4, 0.5) is 0 Å². The SMILES string of the molecule is COC(=O)CC1(CSC(C)CC(=O)NN)CC1. The first-order valence-corrected chi connectivity index (χ1v) is 6.74. The Morgan fingerprint density at radius 2 is 2.18 bits per heavy atom. The molecule has 1 saturated carbocycles. The van der Waals surface area contributed by atoms with Gasteiger partial charge in [0.1, 0.15) is 0 Å². The highest BCUT2D eigenvalue weighted by Crippen LogP contribution is 2.51. The number of nitrogens with one attached hydrogen (secondary N) is 1. The molecule has 98 valence electrons. The summed E-state index contributed by atoms with van der Waals surface area (Å²) in [5, 5.41) is 0.216. The van der Waals surface area contributed by atoms with Crippen LogP contribution in [0.2, 0.25) is 0 Å². The number of carbonyl (C=O) groups is 2. The number of hydrazine groups is 1. The molecular weight excluding hydrogens is 240 g/mol. The number of amides is 1. The van der Waals surface area contributed by atoms with Gasteiger partial charge in [0.15, 0.2) is 0 Å². The van der Waals surface area contributed by atoms with Gasteiger partial charge in [-0.1, -0.05) is 6.92 Å². The average Bonchev–Trinajstić information content (AvgIpc) is 3.06. The molecule has 1 unspecified atom stereocenters. The normalized spacial score (nSPS) is 18.3. The van der Waals surface area contributed by atoms with Crippen molar-refractivity contribution in [1.29, 1.82) is 0 Å². The number of esters is 1. The van der Waals surface area contributed by atoms with Crippen molar-refractivity contribution in [3.8, 4) is 0 Å². The molecule has 0 aromatic rings. The maximum absolute atomic E-state index is 11.2. The molecule has 1 rings (SSSR count). The molecule has 6 heteroatoms. The lowest BCUT2D eigenvalue weighted by Crippen LogP contribution is -2.31. The molecule has 0 aromatic carbocycles. The Bertz CT molecular complexity index is 292. The average molecular weight is 260 g/mol. The van der Waals surface area contributed by atoms with Crippen LogP contribution < -0.4 is 11.3 Å². The summed E-state index contributed by atoms with van der Waals surface area (Å²) in [6.07, 6.45) is 3.05. The highest BCUT2D eigenvalue weighted by Gasteiger charge is 2.44. The summed E-state index contributed by atoms with van der Waals surface area (Å²) in [6, 6.07) is 0. The molecule has 0 radical (unpaired) electrons. The predicted molar refractivity (Wildman–Crippen MR) is 67.2 cm³/mol. The molecule has 0 heterocycles. The quantitative estimate of drug-likeness (QED) is 0.307. The summed E-state index contributed by atoms with van der Waals surface area (Å²) in [6.45, 7) is 1.99. The Balaban J connectivity index is 2.25. The topological polar surface area (TPSA) is 81.4 Å². The van der Waals surface area contributed by atoms with Crippen LogP contribution >= 0.6 is 11.8 Å². The van der Waals surface area contributed by atoms with E-state index in [2.05, 4.69) is 10.2 Å². The second kappa shape index (κ2) is 6.26. The summed E-state index contributed by atoms with van der Waals surface area (Å²) in [7, 11) is 1.42. The molecular formula is C11H20N2O3S. The summed E-state index contributed by atoms with van der Waals surface area (Å²) >= 11 is 1.72. The Morgan fingerprint density at radius 3 is 2.65 bits per heavy atom. The van der Waals surface area contributed by atoms with Crippen LogP contribution in [0.1, 0.15) is 32.6 Å². The molecule has 3 N–H and O–H groups in total. The maximum Gasteiger partial charge on any atom is 0.306 e. The van der Waals surface area contributed by atoms with Crippen LogP contribution in [0.3, 0.4) is 0 Å². The van der Waals surface area contributed by atoms with E-state index < -0.39 is 0 Å². The fourth-order valence-electron chi connectivity index (χ4n) is 1.63. The lowest BCUT2D eigenvalue weighted by Gasteiger charge is -2.16. The number of hydrogen-bond donors (Lipinski definition) is 2. The number of carbonyl (C=O) groups excluding carboxylic acids is 2. The Labute approximate surface area is 106 Å². The summed E-state index contributed by atoms with van der Waals surface area (Å²) in [5.74, 6) is 5.64. The first-order chi connectivity index (χ1) is 8.01.